The third-order valence-corrected chi connectivity index (χ3v) is 6.28. The fourth-order valence-corrected chi connectivity index (χ4v) is 4.70. The van der Waals surface area contributed by atoms with Gasteiger partial charge in [0.1, 0.15) is 0 Å². The Morgan fingerprint density at radius 1 is 0.458 bits per heavy atom. The summed E-state index contributed by atoms with van der Waals surface area (Å²) in [6.07, 6.45) is 2.17. The van der Waals surface area contributed by atoms with Gasteiger partial charge in [-0.05, 0) is 107 Å². The maximum absolute atomic E-state index is 2.37. The zero-order valence-corrected chi connectivity index (χ0v) is 14.9. The third-order valence-electron chi connectivity index (χ3n) is 6.28. The molecular formula is C24H22. The highest BCUT2D eigenvalue weighted by atomic mass is 14.3. The van der Waals surface area contributed by atoms with E-state index in [1.54, 1.807) is 0 Å². The van der Waals surface area contributed by atoms with Gasteiger partial charge < -0.3 is 0 Å². The first-order valence-corrected chi connectivity index (χ1v) is 8.90. The lowest BCUT2D eigenvalue weighted by molar-refractivity contribution is 1.22. The van der Waals surface area contributed by atoms with Crippen LogP contribution in [0.15, 0.2) is 36.4 Å². The fraction of sp³-hybridized carbons (Fsp3) is 0.250. The summed E-state index contributed by atoms with van der Waals surface area (Å²) in [5.41, 5.74) is 17.8. The second kappa shape index (κ2) is 4.60. The number of aryl methyl sites for hydroxylation is 2. The first kappa shape index (κ1) is 14.0. The standard InChI is InChI=1S/C24H22/c1-13-5-7-17-11-19-9-10-20-12-18-8-6-14(2)16(4)22(18)24(20)23(19)21(17)15(13)3/h5-10H,11-12H2,1-4H3. The van der Waals surface area contributed by atoms with Crippen LogP contribution < -0.4 is 0 Å². The largest absolute Gasteiger partial charge is 0.0587 e. The Hall–Kier alpha value is -2.34. The number of fused-ring (bicyclic) bond motifs is 7. The fourth-order valence-electron chi connectivity index (χ4n) is 4.70. The van der Waals surface area contributed by atoms with Crippen LogP contribution in [0.4, 0.5) is 0 Å². The SMILES string of the molecule is Cc1ccc2c(c1C)-c1c(ccc3c1-c1c(ccc(C)c1C)C3)C2. The molecule has 0 aromatic heterocycles. The summed E-state index contributed by atoms with van der Waals surface area (Å²) < 4.78 is 0. The molecule has 0 fully saturated rings. The topological polar surface area (TPSA) is 0 Å². The average Bonchev–Trinajstić information content (AvgIpc) is 3.12. The third kappa shape index (κ3) is 1.64. The van der Waals surface area contributed by atoms with Gasteiger partial charge in [-0.1, -0.05) is 36.4 Å². The average molecular weight is 310 g/mol. The molecule has 5 rings (SSSR count). The van der Waals surface area contributed by atoms with Crippen molar-refractivity contribution in [3.8, 4) is 22.3 Å². The van der Waals surface area contributed by atoms with Crippen LogP contribution in [-0.4, -0.2) is 0 Å². The molecule has 0 heteroatoms. The Kier molecular flexibility index (Phi) is 2.69. The van der Waals surface area contributed by atoms with Crippen molar-refractivity contribution in [2.24, 2.45) is 0 Å². The Morgan fingerprint density at radius 2 is 0.792 bits per heavy atom. The van der Waals surface area contributed by atoms with Crippen LogP contribution in [-0.2, 0) is 12.8 Å². The highest BCUT2D eigenvalue weighted by molar-refractivity contribution is 5.97. The molecule has 3 aromatic carbocycles. The molecule has 3 aromatic rings. The predicted octanol–water partition coefficient (Wildman–Crippen LogP) is 6.06. The summed E-state index contributed by atoms with van der Waals surface area (Å²) in [6.45, 7) is 9.06. The zero-order valence-electron chi connectivity index (χ0n) is 14.9. The lowest BCUT2D eigenvalue weighted by atomic mass is 9.88. The lowest BCUT2D eigenvalue weighted by Crippen LogP contribution is -1.93. The summed E-state index contributed by atoms with van der Waals surface area (Å²) in [5.74, 6) is 0. The summed E-state index contributed by atoms with van der Waals surface area (Å²) in [6, 6.07) is 14.0. The predicted molar refractivity (Wildman–Crippen MR) is 102 cm³/mol. The first-order chi connectivity index (χ1) is 11.6. The molecule has 0 N–H and O–H groups in total. The van der Waals surface area contributed by atoms with E-state index < -0.39 is 0 Å². The van der Waals surface area contributed by atoms with E-state index in [9.17, 15) is 0 Å². The first-order valence-electron chi connectivity index (χ1n) is 8.90. The van der Waals surface area contributed by atoms with Gasteiger partial charge in [-0.15, -0.1) is 0 Å². The second-order valence-corrected chi connectivity index (χ2v) is 7.57. The van der Waals surface area contributed by atoms with E-state index in [0.29, 0.717) is 0 Å². The Labute approximate surface area is 144 Å². The quantitative estimate of drug-likeness (QED) is 0.326. The van der Waals surface area contributed by atoms with Crippen molar-refractivity contribution >= 4 is 0 Å². The van der Waals surface area contributed by atoms with Crippen LogP contribution >= 0.6 is 0 Å². The van der Waals surface area contributed by atoms with Crippen molar-refractivity contribution in [3.63, 3.8) is 0 Å². The molecule has 24 heavy (non-hydrogen) atoms. The van der Waals surface area contributed by atoms with E-state index in [4.69, 9.17) is 0 Å². The van der Waals surface area contributed by atoms with Crippen molar-refractivity contribution in [1.29, 1.82) is 0 Å². The Morgan fingerprint density at radius 3 is 1.21 bits per heavy atom. The van der Waals surface area contributed by atoms with Crippen LogP contribution in [0.2, 0.25) is 0 Å². The van der Waals surface area contributed by atoms with Crippen molar-refractivity contribution in [2.45, 2.75) is 40.5 Å². The van der Waals surface area contributed by atoms with Crippen molar-refractivity contribution < 1.29 is 0 Å². The molecule has 0 radical (unpaired) electrons. The van der Waals surface area contributed by atoms with Crippen molar-refractivity contribution in [2.75, 3.05) is 0 Å². The van der Waals surface area contributed by atoms with Crippen molar-refractivity contribution in [1.82, 2.24) is 0 Å². The molecular weight excluding hydrogens is 288 g/mol. The maximum Gasteiger partial charge on any atom is -0.00131 e. The zero-order chi connectivity index (χ0) is 16.6. The molecule has 0 bridgehead atoms. The monoisotopic (exact) mass is 310 g/mol. The summed E-state index contributed by atoms with van der Waals surface area (Å²) in [4.78, 5) is 0. The minimum Gasteiger partial charge on any atom is -0.0587 e. The molecule has 0 atom stereocenters. The minimum absolute atomic E-state index is 1.08. The summed E-state index contributed by atoms with van der Waals surface area (Å²) in [7, 11) is 0. The van der Waals surface area contributed by atoms with Gasteiger partial charge >= 0.3 is 0 Å². The van der Waals surface area contributed by atoms with Crippen LogP contribution in [0, 0.1) is 27.7 Å². The molecule has 0 spiro atoms. The van der Waals surface area contributed by atoms with Gasteiger partial charge in [0, 0.05) is 0 Å². The van der Waals surface area contributed by atoms with Gasteiger partial charge in [0.2, 0.25) is 0 Å². The van der Waals surface area contributed by atoms with Crippen LogP contribution in [0.5, 0.6) is 0 Å². The second-order valence-electron chi connectivity index (χ2n) is 7.57. The van der Waals surface area contributed by atoms with E-state index in [0.717, 1.165) is 12.8 Å². The maximum atomic E-state index is 2.37. The lowest BCUT2D eigenvalue weighted by Gasteiger charge is -2.15. The summed E-state index contributed by atoms with van der Waals surface area (Å²) >= 11 is 0. The summed E-state index contributed by atoms with van der Waals surface area (Å²) in [5, 5.41) is 0. The van der Waals surface area contributed by atoms with Crippen LogP contribution in [0.25, 0.3) is 22.3 Å². The molecule has 0 saturated carbocycles. The van der Waals surface area contributed by atoms with Crippen molar-refractivity contribution in [3.05, 3.63) is 80.9 Å². The van der Waals surface area contributed by atoms with Gasteiger partial charge in [-0.25, -0.2) is 0 Å². The van der Waals surface area contributed by atoms with Gasteiger partial charge in [0.05, 0.1) is 0 Å². The molecule has 118 valence electrons. The molecule has 2 aliphatic carbocycles. The molecule has 0 aliphatic heterocycles. The van der Waals surface area contributed by atoms with E-state index in [-0.39, 0.29) is 0 Å². The molecule has 0 unspecified atom stereocenters. The Bertz CT molecular complexity index is 950. The smallest absolute Gasteiger partial charge is 0.00131 e. The number of rotatable bonds is 0. The van der Waals surface area contributed by atoms with Gasteiger partial charge in [-0.2, -0.15) is 0 Å². The van der Waals surface area contributed by atoms with E-state index >= 15 is 0 Å². The normalized spacial score (nSPS) is 13.5. The van der Waals surface area contributed by atoms with Gasteiger partial charge in [0.25, 0.3) is 0 Å². The highest BCUT2D eigenvalue weighted by Crippen LogP contribution is 2.51. The Balaban J connectivity index is 1.91. The number of hydrogen-bond donors (Lipinski definition) is 0. The van der Waals surface area contributed by atoms with Gasteiger partial charge in [-0.3, -0.25) is 0 Å². The molecule has 0 saturated heterocycles. The van der Waals surface area contributed by atoms with E-state index in [2.05, 4.69) is 64.1 Å². The van der Waals surface area contributed by atoms with Crippen LogP contribution in [0.3, 0.4) is 0 Å². The molecule has 0 heterocycles. The van der Waals surface area contributed by atoms with Crippen LogP contribution in [0.1, 0.15) is 44.5 Å². The molecule has 0 nitrogen and oxygen atoms in total. The molecule has 0 amide bonds. The highest BCUT2D eigenvalue weighted by Gasteiger charge is 2.30. The molecule has 2 aliphatic rings. The minimum atomic E-state index is 1.08. The van der Waals surface area contributed by atoms with E-state index in [1.165, 1.54) is 66.8 Å². The number of hydrogen-bond acceptors (Lipinski definition) is 0. The van der Waals surface area contributed by atoms with E-state index in [1.807, 2.05) is 0 Å². The number of benzene rings is 3. The van der Waals surface area contributed by atoms with Gasteiger partial charge in [0.15, 0.2) is 0 Å².